The van der Waals surface area contributed by atoms with Gasteiger partial charge in [0.1, 0.15) is 0 Å². The van der Waals surface area contributed by atoms with Crippen molar-refractivity contribution in [3.8, 4) is 0 Å². The number of thiophene rings is 1. The number of methoxy groups -OCH3 is 1. The molecule has 3 aromatic rings. The number of ether oxygens (including phenoxy) is 1. The quantitative estimate of drug-likeness (QED) is 0.694. The van der Waals surface area contributed by atoms with Crippen molar-refractivity contribution >= 4 is 34.2 Å². The number of carbonyl (C=O) groups is 2. The van der Waals surface area contributed by atoms with Crippen LogP contribution >= 0.6 is 11.3 Å². The number of ketones is 1. The zero-order chi connectivity index (χ0) is 16.4. The molecule has 0 aliphatic heterocycles. The van der Waals surface area contributed by atoms with Gasteiger partial charge in [-0.25, -0.2) is 4.79 Å². The fraction of sp³-hybridized carbons (Fsp3) is 0.188. The molecule has 23 heavy (non-hydrogen) atoms. The van der Waals surface area contributed by atoms with E-state index in [0.717, 1.165) is 11.0 Å². The lowest BCUT2D eigenvalue weighted by Gasteiger charge is -2.03. The molecule has 1 aromatic carbocycles. The summed E-state index contributed by atoms with van der Waals surface area (Å²) in [5, 5.41) is 1.86. The van der Waals surface area contributed by atoms with Crippen LogP contribution in [-0.2, 0) is 18.3 Å². The summed E-state index contributed by atoms with van der Waals surface area (Å²) >= 11 is 1.39. The number of aryl methyl sites for hydroxylation is 1. The van der Waals surface area contributed by atoms with Crippen LogP contribution in [0, 0.1) is 0 Å². The Morgan fingerprint density at radius 1 is 1.17 bits per heavy atom. The average Bonchev–Trinajstić information content (AvgIpc) is 3.18. The molecular weight excluding hydrogens is 314 g/mol. The molecule has 0 aliphatic rings. The molecule has 0 saturated carbocycles. The minimum atomic E-state index is -0.701. The molecule has 2 heterocycles. The van der Waals surface area contributed by atoms with Crippen molar-refractivity contribution in [3.05, 3.63) is 52.3 Å². The molecule has 0 saturated heterocycles. The van der Waals surface area contributed by atoms with Gasteiger partial charge in [-0.15, -0.1) is 16.3 Å². The molecule has 0 aliphatic carbocycles. The van der Waals surface area contributed by atoms with Crippen LogP contribution in [0.15, 0.2) is 46.8 Å². The molecule has 0 spiro atoms. The third kappa shape index (κ3) is 2.83. The summed E-state index contributed by atoms with van der Waals surface area (Å²) in [6.07, 6.45) is -0.701. The van der Waals surface area contributed by atoms with Gasteiger partial charge in [0, 0.05) is 7.05 Å². The van der Waals surface area contributed by atoms with Crippen molar-refractivity contribution in [1.29, 1.82) is 0 Å². The number of hydrogen-bond donors (Lipinski definition) is 0. The minimum absolute atomic E-state index is 0.0253. The Morgan fingerprint density at radius 3 is 2.57 bits per heavy atom. The van der Waals surface area contributed by atoms with E-state index in [1.165, 1.54) is 18.4 Å². The average molecular weight is 329 g/mol. The molecule has 2 aromatic heterocycles. The standard InChI is InChI=1S/C16H15N3O3S/c1-18-11-6-3-4-7-12(11)19(15(18)17-16(21)22-2)10-13(20)14-8-5-9-23-14/h3-9H,10H2,1-2H3. The number of imidazole rings is 1. The summed E-state index contributed by atoms with van der Waals surface area (Å²) in [6.45, 7) is 0.109. The number of benzene rings is 1. The predicted octanol–water partition coefficient (Wildman–Crippen LogP) is 2.59. The number of nitrogens with zero attached hydrogens (tertiary/aromatic N) is 3. The highest BCUT2D eigenvalue weighted by Gasteiger charge is 2.15. The Kier molecular flexibility index (Phi) is 4.12. The lowest BCUT2D eigenvalue weighted by atomic mass is 10.3. The van der Waals surface area contributed by atoms with Crippen molar-refractivity contribution in [2.45, 2.75) is 6.54 Å². The number of para-hydroxylation sites is 2. The summed E-state index contributed by atoms with van der Waals surface area (Å²) in [5.41, 5.74) is 2.10. The smallest absolute Gasteiger partial charge is 0.436 e. The van der Waals surface area contributed by atoms with Crippen molar-refractivity contribution in [3.63, 3.8) is 0 Å². The maximum absolute atomic E-state index is 12.5. The van der Waals surface area contributed by atoms with Crippen LogP contribution in [0.1, 0.15) is 9.67 Å². The number of rotatable bonds is 3. The van der Waals surface area contributed by atoms with E-state index >= 15 is 0 Å². The lowest BCUT2D eigenvalue weighted by Crippen LogP contribution is -2.28. The number of Topliss-reactive ketones (excluding diaryl/α,β-unsaturated/α-hetero) is 1. The minimum Gasteiger partial charge on any atom is -0.451 e. The Hall–Kier alpha value is -2.67. The number of aromatic nitrogens is 2. The Bertz CT molecular complexity index is 935. The topological polar surface area (TPSA) is 65.6 Å². The molecule has 0 radical (unpaired) electrons. The van der Waals surface area contributed by atoms with E-state index in [1.807, 2.05) is 35.7 Å². The highest BCUT2D eigenvalue weighted by atomic mass is 32.1. The molecule has 3 rings (SSSR count). The van der Waals surface area contributed by atoms with Crippen molar-refractivity contribution in [2.75, 3.05) is 7.11 Å². The van der Waals surface area contributed by atoms with E-state index < -0.39 is 6.09 Å². The zero-order valence-electron chi connectivity index (χ0n) is 12.7. The summed E-state index contributed by atoms with van der Waals surface area (Å²) in [4.78, 5) is 28.7. The van der Waals surface area contributed by atoms with Crippen LogP contribution in [0.4, 0.5) is 4.79 Å². The molecule has 118 valence electrons. The van der Waals surface area contributed by atoms with Crippen LogP contribution in [0.5, 0.6) is 0 Å². The van der Waals surface area contributed by atoms with Gasteiger partial charge in [-0.2, -0.15) is 0 Å². The van der Waals surface area contributed by atoms with Crippen LogP contribution in [0.25, 0.3) is 11.0 Å². The van der Waals surface area contributed by atoms with Crippen LogP contribution in [0.2, 0.25) is 0 Å². The number of amides is 1. The number of carbonyl (C=O) groups excluding carboxylic acids is 2. The second-order valence-electron chi connectivity index (χ2n) is 4.92. The van der Waals surface area contributed by atoms with Gasteiger partial charge >= 0.3 is 6.09 Å². The van der Waals surface area contributed by atoms with E-state index in [1.54, 1.807) is 22.2 Å². The Balaban J connectivity index is 2.17. The maximum Gasteiger partial charge on any atom is 0.436 e. The third-order valence-corrected chi connectivity index (χ3v) is 4.45. The molecule has 7 heteroatoms. The lowest BCUT2D eigenvalue weighted by molar-refractivity contribution is 0.0975. The first kappa shape index (κ1) is 15.2. The normalized spacial score (nSPS) is 11.8. The van der Waals surface area contributed by atoms with Crippen molar-refractivity contribution < 1.29 is 14.3 Å². The van der Waals surface area contributed by atoms with Crippen LogP contribution < -0.4 is 5.62 Å². The Labute approximate surface area is 136 Å². The molecule has 0 fully saturated rings. The van der Waals surface area contributed by atoms with E-state index in [2.05, 4.69) is 9.73 Å². The van der Waals surface area contributed by atoms with Gasteiger partial charge in [0.2, 0.25) is 5.62 Å². The number of hydrogen-bond acceptors (Lipinski definition) is 4. The van der Waals surface area contributed by atoms with E-state index in [4.69, 9.17) is 0 Å². The fourth-order valence-corrected chi connectivity index (χ4v) is 3.11. The largest absolute Gasteiger partial charge is 0.451 e. The van der Waals surface area contributed by atoms with Crippen molar-refractivity contribution in [1.82, 2.24) is 9.13 Å². The van der Waals surface area contributed by atoms with Gasteiger partial charge in [0.15, 0.2) is 5.78 Å². The first-order chi connectivity index (χ1) is 11.1. The first-order valence-corrected chi connectivity index (χ1v) is 7.83. The highest BCUT2D eigenvalue weighted by molar-refractivity contribution is 7.12. The highest BCUT2D eigenvalue weighted by Crippen LogP contribution is 2.15. The Morgan fingerprint density at radius 2 is 1.91 bits per heavy atom. The molecule has 0 N–H and O–H groups in total. The molecule has 1 amide bonds. The molecule has 0 bridgehead atoms. The van der Waals surface area contributed by atoms with Gasteiger partial charge in [-0.1, -0.05) is 18.2 Å². The third-order valence-electron chi connectivity index (χ3n) is 3.54. The van der Waals surface area contributed by atoms with Gasteiger partial charge < -0.3 is 13.9 Å². The monoisotopic (exact) mass is 329 g/mol. The summed E-state index contributed by atoms with van der Waals surface area (Å²) < 4.78 is 8.12. The van der Waals surface area contributed by atoms with Crippen molar-refractivity contribution in [2.24, 2.45) is 12.0 Å². The van der Waals surface area contributed by atoms with Gasteiger partial charge in [-0.3, -0.25) is 4.79 Å². The van der Waals surface area contributed by atoms with Crippen LogP contribution in [-0.4, -0.2) is 28.1 Å². The second kappa shape index (κ2) is 6.21. The molecule has 0 unspecified atom stereocenters. The second-order valence-corrected chi connectivity index (χ2v) is 5.86. The van der Waals surface area contributed by atoms with Gasteiger partial charge in [0.05, 0.1) is 29.6 Å². The SMILES string of the molecule is COC(=O)N=c1n(C)c2ccccc2n1CC(=O)c1cccs1. The molecule has 0 atom stereocenters. The zero-order valence-corrected chi connectivity index (χ0v) is 13.5. The van der Waals surface area contributed by atoms with E-state index in [9.17, 15) is 9.59 Å². The summed E-state index contributed by atoms with van der Waals surface area (Å²) in [7, 11) is 3.08. The molecule has 6 nitrogen and oxygen atoms in total. The fourth-order valence-electron chi connectivity index (χ4n) is 2.45. The molecular formula is C16H15N3O3S. The van der Waals surface area contributed by atoms with E-state index in [-0.39, 0.29) is 12.3 Å². The summed E-state index contributed by atoms with van der Waals surface area (Å²) in [6, 6.07) is 11.2. The maximum atomic E-state index is 12.5. The van der Waals surface area contributed by atoms with Gasteiger partial charge in [0.25, 0.3) is 0 Å². The summed E-state index contributed by atoms with van der Waals surface area (Å²) in [5.74, 6) is -0.0253. The van der Waals surface area contributed by atoms with Crippen LogP contribution in [0.3, 0.4) is 0 Å². The van der Waals surface area contributed by atoms with E-state index in [0.29, 0.717) is 10.5 Å². The first-order valence-electron chi connectivity index (χ1n) is 6.95. The van der Waals surface area contributed by atoms with Gasteiger partial charge in [-0.05, 0) is 23.6 Å². The predicted molar refractivity (Wildman–Crippen MR) is 87.5 cm³/mol. The number of fused-ring (bicyclic) bond motifs is 1.